The molecule has 1 saturated carbocycles. The Morgan fingerprint density at radius 3 is 2.50 bits per heavy atom. The van der Waals surface area contributed by atoms with Crippen molar-refractivity contribution in [2.45, 2.75) is 50.1 Å². The first kappa shape index (κ1) is 11.4. The van der Waals surface area contributed by atoms with Gasteiger partial charge in [-0.15, -0.1) is 0 Å². The third kappa shape index (κ3) is 2.04. The van der Waals surface area contributed by atoms with Crippen LogP contribution in [0.3, 0.4) is 0 Å². The van der Waals surface area contributed by atoms with Crippen molar-refractivity contribution >= 4 is 11.8 Å². The van der Waals surface area contributed by atoms with Crippen molar-refractivity contribution in [1.82, 2.24) is 4.90 Å². The molecule has 1 atom stereocenters. The maximum atomic E-state index is 12.0. The molecule has 0 aromatic rings. The van der Waals surface area contributed by atoms with E-state index in [9.17, 15) is 9.59 Å². The topological polar surface area (TPSA) is 89.4 Å². The summed E-state index contributed by atoms with van der Waals surface area (Å²) in [5.74, 6) is -0.408. The quantitative estimate of drug-likeness (QED) is 0.693. The van der Waals surface area contributed by atoms with Gasteiger partial charge >= 0.3 is 0 Å². The first-order valence-electron chi connectivity index (χ1n) is 5.89. The van der Waals surface area contributed by atoms with Crippen LogP contribution in [0.4, 0.5) is 0 Å². The smallest absolute Gasteiger partial charge is 0.240 e. The van der Waals surface area contributed by atoms with Gasteiger partial charge in [-0.3, -0.25) is 9.59 Å². The van der Waals surface area contributed by atoms with Gasteiger partial charge < -0.3 is 16.4 Å². The van der Waals surface area contributed by atoms with Crippen LogP contribution in [-0.2, 0) is 9.59 Å². The first-order chi connectivity index (χ1) is 7.52. The minimum atomic E-state index is -0.406. The number of nitrogens with zero attached hydrogens (tertiary/aromatic N) is 1. The summed E-state index contributed by atoms with van der Waals surface area (Å²) in [5.41, 5.74) is 11.0. The van der Waals surface area contributed by atoms with Gasteiger partial charge in [0.15, 0.2) is 0 Å². The lowest BCUT2D eigenvalue weighted by Crippen LogP contribution is -2.52. The first-order valence-corrected chi connectivity index (χ1v) is 5.89. The van der Waals surface area contributed by atoms with Crippen LogP contribution < -0.4 is 11.5 Å². The summed E-state index contributed by atoms with van der Waals surface area (Å²) in [6.45, 7) is 0.641. The monoisotopic (exact) mass is 225 g/mol. The summed E-state index contributed by atoms with van der Waals surface area (Å²) in [7, 11) is 0. The van der Waals surface area contributed by atoms with Crippen LogP contribution in [0.5, 0.6) is 0 Å². The number of hydrogen-bond acceptors (Lipinski definition) is 3. The van der Waals surface area contributed by atoms with Crippen LogP contribution in [-0.4, -0.2) is 34.8 Å². The van der Waals surface area contributed by atoms with E-state index >= 15 is 0 Å². The van der Waals surface area contributed by atoms with Crippen LogP contribution in [0, 0.1) is 0 Å². The van der Waals surface area contributed by atoms with Crippen LogP contribution in [0.1, 0.15) is 38.5 Å². The second-order valence-corrected chi connectivity index (χ2v) is 5.04. The van der Waals surface area contributed by atoms with Crippen molar-refractivity contribution in [2.24, 2.45) is 11.5 Å². The number of carbonyl (C=O) groups excluding carboxylic acids is 2. The van der Waals surface area contributed by atoms with Crippen molar-refractivity contribution in [2.75, 3.05) is 6.54 Å². The molecule has 1 saturated heterocycles. The summed E-state index contributed by atoms with van der Waals surface area (Å²) in [6, 6.07) is -0.406. The lowest BCUT2D eigenvalue weighted by atomic mass is 9.75. The Labute approximate surface area is 95.1 Å². The van der Waals surface area contributed by atoms with Gasteiger partial charge in [0.1, 0.15) is 6.04 Å². The molecule has 0 aromatic heterocycles. The normalized spacial score (nSPS) is 27.6. The third-order valence-electron chi connectivity index (χ3n) is 3.75. The summed E-state index contributed by atoms with van der Waals surface area (Å²) < 4.78 is 0. The zero-order chi connectivity index (χ0) is 11.8. The van der Waals surface area contributed by atoms with E-state index in [1.54, 1.807) is 4.90 Å². The Morgan fingerprint density at radius 2 is 2.00 bits per heavy atom. The molecule has 1 unspecified atom stereocenters. The Hall–Kier alpha value is -1.10. The van der Waals surface area contributed by atoms with E-state index < -0.39 is 11.9 Å². The molecule has 1 aliphatic heterocycles. The Morgan fingerprint density at radius 1 is 1.31 bits per heavy atom. The fraction of sp³-hybridized carbons (Fsp3) is 0.818. The summed E-state index contributed by atoms with van der Waals surface area (Å²) >= 11 is 0. The molecule has 0 aromatic carbocycles. The van der Waals surface area contributed by atoms with Crippen molar-refractivity contribution in [3.8, 4) is 0 Å². The van der Waals surface area contributed by atoms with Crippen molar-refractivity contribution in [3.05, 3.63) is 0 Å². The minimum absolute atomic E-state index is 0.0106. The van der Waals surface area contributed by atoms with Gasteiger partial charge in [0, 0.05) is 18.5 Å². The van der Waals surface area contributed by atoms with Crippen LogP contribution in [0.2, 0.25) is 0 Å². The molecule has 2 rings (SSSR count). The highest BCUT2D eigenvalue weighted by Gasteiger charge is 2.39. The number of likely N-dealkylation sites (tertiary alicyclic amines) is 1. The maximum Gasteiger partial charge on any atom is 0.240 e. The lowest BCUT2D eigenvalue weighted by Gasteiger charge is -2.39. The molecule has 2 amide bonds. The summed E-state index contributed by atoms with van der Waals surface area (Å²) in [5, 5.41) is 0. The molecule has 1 aliphatic carbocycles. The SMILES string of the molecule is NC(=O)C1CCCN1C(=O)CC1(N)CCC1. The highest BCUT2D eigenvalue weighted by atomic mass is 16.2. The average molecular weight is 225 g/mol. The second kappa shape index (κ2) is 4.05. The maximum absolute atomic E-state index is 12.0. The van der Waals surface area contributed by atoms with Gasteiger partial charge in [-0.1, -0.05) is 0 Å². The number of nitrogens with two attached hydrogens (primary N) is 2. The van der Waals surface area contributed by atoms with Gasteiger partial charge in [0.2, 0.25) is 11.8 Å². The zero-order valence-electron chi connectivity index (χ0n) is 9.45. The predicted molar refractivity (Wildman–Crippen MR) is 59.3 cm³/mol. The average Bonchev–Trinajstić information content (AvgIpc) is 2.63. The number of primary amides is 1. The van der Waals surface area contributed by atoms with Gasteiger partial charge in [0.25, 0.3) is 0 Å². The molecule has 2 aliphatic rings. The van der Waals surface area contributed by atoms with Gasteiger partial charge in [-0.25, -0.2) is 0 Å². The highest BCUT2D eigenvalue weighted by Crippen LogP contribution is 2.33. The standard InChI is InChI=1S/C11H19N3O2/c12-10(16)8-3-1-6-14(8)9(15)7-11(13)4-2-5-11/h8H,1-7,13H2,(H2,12,16). The van der Waals surface area contributed by atoms with E-state index in [1.807, 2.05) is 0 Å². The van der Waals surface area contributed by atoms with E-state index in [0.717, 1.165) is 25.7 Å². The molecular weight excluding hydrogens is 206 g/mol. The van der Waals surface area contributed by atoms with Gasteiger partial charge in [-0.2, -0.15) is 0 Å². The number of amides is 2. The lowest BCUT2D eigenvalue weighted by molar-refractivity contribution is -0.138. The predicted octanol–water partition coefficient (Wildman–Crippen LogP) is -0.266. The van der Waals surface area contributed by atoms with E-state index in [1.165, 1.54) is 0 Å². The van der Waals surface area contributed by atoms with Crippen molar-refractivity contribution in [1.29, 1.82) is 0 Å². The number of hydrogen-bond donors (Lipinski definition) is 2. The molecule has 5 heteroatoms. The Balaban J connectivity index is 1.95. The number of carbonyl (C=O) groups is 2. The molecule has 0 radical (unpaired) electrons. The van der Waals surface area contributed by atoms with E-state index in [-0.39, 0.29) is 11.4 Å². The second-order valence-electron chi connectivity index (χ2n) is 5.04. The Bertz CT molecular complexity index is 312. The van der Waals surface area contributed by atoms with E-state index in [0.29, 0.717) is 19.4 Å². The number of rotatable bonds is 3. The summed E-state index contributed by atoms with van der Waals surface area (Å²) in [4.78, 5) is 24.8. The molecule has 90 valence electrons. The van der Waals surface area contributed by atoms with Crippen LogP contribution >= 0.6 is 0 Å². The molecule has 1 heterocycles. The fourth-order valence-electron chi connectivity index (χ4n) is 2.57. The van der Waals surface area contributed by atoms with Gasteiger partial charge in [0.05, 0.1) is 0 Å². The van der Waals surface area contributed by atoms with Crippen molar-refractivity contribution < 1.29 is 9.59 Å². The van der Waals surface area contributed by atoms with E-state index in [2.05, 4.69) is 0 Å². The molecule has 16 heavy (non-hydrogen) atoms. The molecule has 0 bridgehead atoms. The highest BCUT2D eigenvalue weighted by molar-refractivity contribution is 5.87. The Kier molecular flexibility index (Phi) is 2.88. The molecular formula is C11H19N3O2. The molecule has 4 N–H and O–H groups in total. The fourth-order valence-corrected chi connectivity index (χ4v) is 2.57. The largest absolute Gasteiger partial charge is 0.368 e. The minimum Gasteiger partial charge on any atom is -0.368 e. The molecule has 5 nitrogen and oxygen atoms in total. The van der Waals surface area contributed by atoms with Crippen LogP contribution in [0.25, 0.3) is 0 Å². The van der Waals surface area contributed by atoms with Crippen LogP contribution in [0.15, 0.2) is 0 Å². The molecule has 0 spiro atoms. The zero-order valence-corrected chi connectivity index (χ0v) is 9.45. The van der Waals surface area contributed by atoms with Gasteiger partial charge in [-0.05, 0) is 32.1 Å². The van der Waals surface area contributed by atoms with Crippen molar-refractivity contribution in [3.63, 3.8) is 0 Å². The van der Waals surface area contributed by atoms with E-state index in [4.69, 9.17) is 11.5 Å². The third-order valence-corrected chi connectivity index (χ3v) is 3.75. The molecule has 2 fully saturated rings. The summed E-state index contributed by atoms with van der Waals surface area (Å²) in [6.07, 6.45) is 4.83.